The summed E-state index contributed by atoms with van der Waals surface area (Å²) in [5.41, 5.74) is 29.2. The van der Waals surface area contributed by atoms with Crippen LogP contribution in [0.1, 0.15) is 22.8 Å². The standard InChI is InChI=1S/C44H26B4N4.Mn/c1-5-21(41-25(9-1)45-41)37-29-13-15-31(49-29)38(22-6-2-10-26-42(22)46-26)33-17-19-35(51-33)40(24-8-4-12-28-44(24)48-28)36-20-18-34(52-36)39(32-16-14-30(37)50-32)23-7-3-11-27-43(23)47-27;/h1-20,45-49,52H;. The average molecular weight is 709 g/mol. The van der Waals surface area contributed by atoms with E-state index in [-0.39, 0.29) is 17.1 Å². The van der Waals surface area contributed by atoms with Gasteiger partial charge in [-0.1, -0.05) is 116 Å². The summed E-state index contributed by atoms with van der Waals surface area (Å²) in [4.78, 5) is 18.9. The van der Waals surface area contributed by atoms with E-state index in [0.717, 1.165) is 96.2 Å². The predicted octanol–water partition coefficient (Wildman–Crippen LogP) is 2.12. The quantitative estimate of drug-likeness (QED) is 0.276. The van der Waals surface area contributed by atoms with Crippen LogP contribution in [-0.2, 0) is 17.1 Å². The number of hydrogen-bond acceptors (Lipinski definition) is 2. The monoisotopic (exact) mass is 709 g/mol. The third-order valence-electron chi connectivity index (χ3n) is 11.9. The Labute approximate surface area is 319 Å². The van der Waals surface area contributed by atoms with E-state index in [1.807, 2.05) is 0 Å². The van der Waals surface area contributed by atoms with Gasteiger partial charge in [0.2, 0.25) is 0 Å². The smallest absolute Gasteiger partial charge is 0.191 e. The van der Waals surface area contributed by atoms with E-state index < -0.39 is 0 Å². The number of aromatic nitrogens is 4. The molecule has 2 N–H and O–H groups in total. The number of hydrogen-bond donors (Lipinski definition) is 2. The number of H-pyrrole nitrogens is 2. The van der Waals surface area contributed by atoms with Crippen LogP contribution in [-0.4, -0.2) is 49.1 Å². The second-order valence-corrected chi connectivity index (χ2v) is 15.0. The van der Waals surface area contributed by atoms with Crippen molar-refractivity contribution in [3.63, 3.8) is 0 Å². The van der Waals surface area contributed by atoms with E-state index in [2.05, 4.69) is 131 Å². The van der Waals surface area contributed by atoms with Crippen LogP contribution < -0.4 is 43.7 Å². The van der Waals surface area contributed by atoms with E-state index >= 15 is 0 Å². The van der Waals surface area contributed by atoms with Gasteiger partial charge in [0.1, 0.15) is 0 Å². The van der Waals surface area contributed by atoms with Gasteiger partial charge in [-0.3, -0.25) is 0 Å². The molecule has 0 unspecified atom stereocenters. The molecule has 1 radical (unpaired) electrons. The molecule has 241 valence electrons. The van der Waals surface area contributed by atoms with Gasteiger partial charge in [0.05, 0.1) is 22.8 Å². The first-order chi connectivity index (χ1) is 25.7. The number of nitrogens with one attached hydrogen (secondary N) is 2. The SMILES string of the molecule is B1c2cccc(-c3c4nc(c(-c5cccc6c5B6)c5ccc([nH]5)c(-c5cccc6c5B6)c5nc(c(-c6cccc7c6B7)c6ccc3[nH]6)C=C5)C=C4)c21.[Mn]. The largest absolute Gasteiger partial charge is 0.354 e. The van der Waals surface area contributed by atoms with Crippen molar-refractivity contribution < 1.29 is 17.1 Å². The van der Waals surface area contributed by atoms with Crippen molar-refractivity contribution in [3.05, 3.63) is 120 Å². The maximum Gasteiger partial charge on any atom is 0.191 e. The normalized spacial score (nSPS) is 13.6. The first-order valence-corrected chi connectivity index (χ1v) is 18.3. The number of rotatable bonds is 4. The molecule has 3 aromatic heterocycles. The number of fused-ring (bicyclic) bond motifs is 12. The summed E-state index contributed by atoms with van der Waals surface area (Å²) in [6.07, 6.45) is 8.89. The predicted molar refractivity (Wildman–Crippen MR) is 226 cm³/mol. The number of nitrogens with zero attached hydrogens (tertiary/aromatic N) is 2. The van der Waals surface area contributed by atoms with Gasteiger partial charge in [0.25, 0.3) is 0 Å². The van der Waals surface area contributed by atoms with Gasteiger partial charge in [-0.15, -0.1) is 0 Å². The van der Waals surface area contributed by atoms with Crippen LogP contribution in [0.4, 0.5) is 0 Å². The molecular weight excluding hydrogens is 683 g/mol. The zero-order chi connectivity index (χ0) is 33.7. The van der Waals surface area contributed by atoms with E-state index in [9.17, 15) is 0 Å². The molecule has 4 nitrogen and oxygen atoms in total. The molecule has 7 aromatic rings. The number of aromatic amines is 2. The summed E-state index contributed by atoms with van der Waals surface area (Å²) >= 11 is 0. The Kier molecular flexibility index (Phi) is 6.00. The summed E-state index contributed by atoms with van der Waals surface area (Å²) in [5.74, 6) is 0. The molecule has 6 aliphatic heterocycles. The van der Waals surface area contributed by atoms with Crippen LogP contribution in [0.15, 0.2) is 97.1 Å². The Morgan fingerprint density at radius 3 is 0.868 bits per heavy atom. The molecule has 53 heavy (non-hydrogen) atoms. The van der Waals surface area contributed by atoms with Crippen LogP contribution in [0, 0.1) is 0 Å². The van der Waals surface area contributed by atoms with Crippen LogP contribution in [0.25, 0.3) is 90.9 Å². The Balaban J connectivity index is 0.00000315. The van der Waals surface area contributed by atoms with Gasteiger partial charge < -0.3 is 9.97 Å². The molecule has 4 aromatic carbocycles. The van der Waals surface area contributed by atoms with Crippen molar-refractivity contribution in [2.45, 2.75) is 0 Å². The summed E-state index contributed by atoms with van der Waals surface area (Å²) in [5, 5.41) is 0. The molecule has 0 saturated carbocycles. The number of benzene rings is 4. The molecule has 9 heteroatoms. The van der Waals surface area contributed by atoms with Crippen molar-refractivity contribution in [2.24, 2.45) is 0 Å². The molecule has 0 saturated heterocycles. The summed E-state index contributed by atoms with van der Waals surface area (Å²) in [6.45, 7) is 0. The van der Waals surface area contributed by atoms with Gasteiger partial charge in [0.15, 0.2) is 29.1 Å². The zero-order valence-electron chi connectivity index (χ0n) is 28.6. The van der Waals surface area contributed by atoms with Crippen LogP contribution >= 0.6 is 0 Å². The molecule has 8 bridgehead atoms. The third-order valence-corrected chi connectivity index (χ3v) is 11.9. The molecule has 6 aliphatic rings. The van der Waals surface area contributed by atoms with E-state index in [1.54, 1.807) is 0 Å². The molecule has 0 spiro atoms. The van der Waals surface area contributed by atoms with Crippen molar-refractivity contribution in [2.75, 3.05) is 0 Å². The molecule has 0 amide bonds. The Morgan fingerprint density at radius 2 is 0.604 bits per heavy atom. The van der Waals surface area contributed by atoms with Gasteiger partial charge in [-0.25, -0.2) is 9.97 Å². The van der Waals surface area contributed by atoms with Gasteiger partial charge in [-0.2, -0.15) is 0 Å². The third kappa shape index (κ3) is 4.48. The van der Waals surface area contributed by atoms with Crippen LogP contribution in [0.5, 0.6) is 0 Å². The van der Waals surface area contributed by atoms with Gasteiger partial charge in [0, 0.05) is 61.4 Å². The van der Waals surface area contributed by atoms with Crippen LogP contribution in [0.2, 0.25) is 0 Å². The second-order valence-electron chi connectivity index (χ2n) is 15.0. The minimum Gasteiger partial charge on any atom is -0.354 e. The van der Waals surface area contributed by atoms with Crippen molar-refractivity contribution in [1.29, 1.82) is 0 Å². The molecule has 13 rings (SSSR count). The Bertz CT molecular complexity index is 2700. The molecule has 0 aliphatic carbocycles. The minimum atomic E-state index is 0. The van der Waals surface area contributed by atoms with Crippen molar-refractivity contribution >= 4 is 119 Å². The zero-order valence-corrected chi connectivity index (χ0v) is 29.8. The van der Waals surface area contributed by atoms with E-state index in [1.165, 1.54) is 66.0 Å². The summed E-state index contributed by atoms with van der Waals surface area (Å²) in [6, 6.07) is 35.8. The fourth-order valence-corrected chi connectivity index (χ4v) is 9.02. The second kappa shape index (κ2) is 10.7. The first kappa shape index (κ1) is 29.8. The van der Waals surface area contributed by atoms with Gasteiger partial charge >= 0.3 is 0 Å². The fraction of sp³-hybridized carbons (Fsp3) is 0. The molecule has 9 heterocycles. The molecular formula is C44H26B4MnN4. The van der Waals surface area contributed by atoms with Crippen molar-refractivity contribution in [1.82, 2.24) is 19.9 Å². The van der Waals surface area contributed by atoms with Gasteiger partial charge in [-0.05, 0) is 70.8 Å². The van der Waals surface area contributed by atoms with E-state index in [4.69, 9.17) is 9.97 Å². The Hall–Kier alpha value is -5.74. The minimum absolute atomic E-state index is 0. The fourth-order valence-electron chi connectivity index (χ4n) is 9.02. The molecule has 0 fully saturated rings. The average Bonchev–Trinajstić information content (AvgIpc) is 4.12. The Morgan fingerprint density at radius 1 is 0.340 bits per heavy atom. The van der Waals surface area contributed by atoms with Crippen molar-refractivity contribution in [3.8, 4) is 44.5 Å². The molecule has 0 atom stereocenters. The summed E-state index contributed by atoms with van der Waals surface area (Å²) in [7, 11) is 4.12. The maximum atomic E-state index is 5.52. The summed E-state index contributed by atoms with van der Waals surface area (Å²) < 4.78 is 0. The topological polar surface area (TPSA) is 57.4 Å². The first-order valence-electron chi connectivity index (χ1n) is 18.3. The van der Waals surface area contributed by atoms with E-state index in [0.29, 0.717) is 0 Å². The maximum absolute atomic E-state index is 5.52. The van der Waals surface area contributed by atoms with Crippen LogP contribution in [0.3, 0.4) is 0 Å².